The topological polar surface area (TPSA) is 101 Å². The Morgan fingerprint density at radius 2 is 2.00 bits per heavy atom. The number of carboxylic acids is 1. The molecule has 8 heteroatoms. The number of carboxylic acid groups (broad SMARTS) is 1. The van der Waals surface area contributed by atoms with Crippen molar-refractivity contribution in [1.29, 1.82) is 0 Å². The van der Waals surface area contributed by atoms with Crippen molar-refractivity contribution in [3.05, 3.63) is 52.5 Å². The quantitative estimate of drug-likeness (QED) is 0.624. The van der Waals surface area contributed by atoms with Crippen LogP contribution in [0.25, 0.3) is 11.4 Å². The molecule has 0 bridgehead atoms. The predicted octanol–water partition coefficient (Wildman–Crippen LogP) is 4.28. The lowest BCUT2D eigenvalue weighted by atomic mass is 10.2. The molecule has 2 N–H and O–H groups in total. The molecule has 140 valence electrons. The van der Waals surface area contributed by atoms with E-state index in [1.165, 1.54) is 0 Å². The summed E-state index contributed by atoms with van der Waals surface area (Å²) in [6.07, 6.45) is 1.09. The number of rotatable bonds is 7. The normalized spacial score (nSPS) is 10.8. The zero-order valence-corrected chi connectivity index (χ0v) is 15.7. The molecule has 0 amide bonds. The summed E-state index contributed by atoms with van der Waals surface area (Å²) in [5, 5.41) is 12.6. The molecule has 0 saturated carbocycles. The third kappa shape index (κ3) is 4.62. The van der Waals surface area contributed by atoms with Gasteiger partial charge in [0.05, 0.1) is 5.69 Å². The smallest absolute Gasteiger partial charge is 0.311 e. The van der Waals surface area contributed by atoms with Gasteiger partial charge in [-0.1, -0.05) is 37.6 Å². The fourth-order valence-electron chi connectivity index (χ4n) is 2.60. The molecule has 0 aliphatic carbocycles. The van der Waals surface area contributed by atoms with Crippen LogP contribution in [0.1, 0.15) is 31.0 Å². The molecule has 0 atom stereocenters. The third-order valence-electron chi connectivity index (χ3n) is 3.88. The lowest BCUT2D eigenvalue weighted by Gasteiger charge is -2.07. The number of aliphatic carboxylic acids is 1. The lowest BCUT2D eigenvalue weighted by molar-refractivity contribution is -0.136. The van der Waals surface area contributed by atoms with Gasteiger partial charge in [-0.05, 0) is 25.0 Å². The van der Waals surface area contributed by atoms with Gasteiger partial charge in [0.15, 0.2) is 5.82 Å². The van der Waals surface area contributed by atoms with Crippen molar-refractivity contribution in [1.82, 2.24) is 15.0 Å². The number of anilines is 2. The van der Waals surface area contributed by atoms with Crippen LogP contribution in [0.2, 0.25) is 5.02 Å². The number of oxazole rings is 1. The first-order valence-corrected chi connectivity index (χ1v) is 8.97. The number of halogens is 1. The Hall–Kier alpha value is -2.93. The predicted molar refractivity (Wildman–Crippen MR) is 102 cm³/mol. The van der Waals surface area contributed by atoms with Crippen LogP contribution < -0.4 is 5.32 Å². The van der Waals surface area contributed by atoms with Gasteiger partial charge in [-0.25, -0.2) is 9.97 Å². The molecule has 0 unspecified atom stereocenters. The van der Waals surface area contributed by atoms with E-state index in [1.54, 1.807) is 18.2 Å². The average molecular weight is 387 g/mol. The van der Waals surface area contributed by atoms with Crippen molar-refractivity contribution < 1.29 is 14.3 Å². The van der Waals surface area contributed by atoms with Gasteiger partial charge in [0, 0.05) is 22.3 Å². The molecular weight excluding hydrogens is 368 g/mol. The number of aromatic nitrogens is 3. The highest BCUT2D eigenvalue weighted by Gasteiger charge is 2.16. The van der Waals surface area contributed by atoms with Gasteiger partial charge in [-0.15, -0.1) is 0 Å². The second-order valence-corrected chi connectivity index (χ2v) is 6.31. The van der Waals surface area contributed by atoms with Crippen LogP contribution in [0.4, 0.5) is 11.8 Å². The molecule has 3 rings (SSSR count). The van der Waals surface area contributed by atoms with E-state index in [0.717, 1.165) is 17.7 Å². The van der Waals surface area contributed by atoms with Crippen molar-refractivity contribution in [3.63, 3.8) is 0 Å². The molecule has 0 radical (unpaired) electrons. The van der Waals surface area contributed by atoms with Crippen LogP contribution in [-0.4, -0.2) is 26.0 Å². The minimum Gasteiger partial charge on any atom is -0.481 e. The van der Waals surface area contributed by atoms with Crippen molar-refractivity contribution in [2.45, 2.75) is 33.1 Å². The summed E-state index contributed by atoms with van der Waals surface area (Å²) in [6, 6.07) is 9.33. The van der Waals surface area contributed by atoms with E-state index >= 15 is 0 Å². The zero-order chi connectivity index (χ0) is 19.4. The summed E-state index contributed by atoms with van der Waals surface area (Å²) in [7, 11) is 0. The second-order valence-electron chi connectivity index (χ2n) is 5.87. The van der Waals surface area contributed by atoms with Gasteiger partial charge in [0.1, 0.15) is 18.0 Å². The van der Waals surface area contributed by atoms with Crippen molar-refractivity contribution in [3.8, 4) is 11.4 Å². The minimum absolute atomic E-state index is 0.209. The summed E-state index contributed by atoms with van der Waals surface area (Å²) in [4.78, 5) is 24.4. The molecule has 0 fully saturated rings. The van der Waals surface area contributed by atoms with E-state index in [1.807, 2.05) is 26.0 Å². The molecule has 2 aromatic heterocycles. The summed E-state index contributed by atoms with van der Waals surface area (Å²) in [6.45, 7) is 3.89. The molecule has 0 spiro atoms. The van der Waals surface area contributed by atoms with Crippen LogP contribution in [0.5, 0.6) is 0 Å². The Bertz CT molecular complexity index is 971. The highest BCUT2D eigenvalue weighted by Crippen LogP contribution is 2.24. The third-order valence-corrected chi connectivity index (χ3v) is 4.12. The molecule has 1 aromatic carbocycles. The lowest BCUT2D eigenvalue weighted by Crippen LogP contribution is -2.01. The van der Waals surface area contributed by atoms with E-state index in [9.17, 15) is 4.79 Å². The summed E-state index contributed by atoms with van der Waals surface area (Å²) in [5.74, 6) is 0.424. The zero-order valence-electron chi connectivity index (χ0n) is 15.0. The number of aryl methyl sites for hydroxylation is 2. The standard InChI is InChI=1S/C19H19ClN4O3/c1-3-13-9-16(23-18(21-13)11-6-5-7-12(20)8-11)24-19-22-14(4-2)15(27-19)10-17(25)26/h5-9H,3-4,10H2,1-2H3,(H,25,26)(H,21,22,23,24). The maximum Gasteiger partial charge on any atom is 0.311 e. The van der Waals surface area contributed by atoms with E-state index in [0.29, 0.717) is 34.5 Å². The Morgan fingerprint density at radius 3 is 2.67 bits per heavy atom. The van der Waals surface area contributed by atoms with Crippen LogP contribution >= 0.6 is 11.6 Å². The molecule has 27 heavy (non-hydrogen) atoms. The van der Waals surface area contributed by atoms with E-state index in [4.69, 9.17) is 21.1 Å². The summed E-state index contributed by atoms with van der Waals surface area (Å²) < 4.78 is 5.57. The Labute approximate surface area is 161 Å². The van der Waals surface area contributed by atoms with E-state index in [-0.39, 0.29) is 12.4 Å². The van der Waals surface area contributed by atoms with Gasteiger partial charge in [0.2, 0.25) is 0 Å². The first-order valence-electron chi connectivity index (χ1n) is 8.59. The van der Waals surface area contributed by atoms with Gasteiger partial charge in [-0.2, -0.15) is 4.98 Å². The fraction of sp³-hybridized carbons (Fsp3) is 0.263. The average Bonchev–Trinajstić information content (AvgIpc) is 3.01. The Morgan fingerprint density at radius 1 is 1.19 bits per heavy atom. The molecule has 3 aromatic rings. The van der Waals surface area contributed by atoms with Crippen LogP contribution in [0, 0.1) is 0 Å². The van der Waals surface area contributed by atoms with Crippen molar-refractivity contribution >= 4 is 29.4 Å². The number of hydrogen-bond acceptors (Lipinski definition) is 6. The molecule has 0 aliphatic rings. The molecule has 0 saturated heterocycles. The number of carbonyl (C=O) groups is 1. The van der Waals surface area contributed by atoms with Crippen LogP contribution in [0.15, 0.2) is 34.7 Å². The number of nitrogens with one attached hydrogen (secondary N) is 1. The fourth-order valence-corrected chi connectivity index (χ4v) is 2.79. The molecule has 2 heterocycles. The SMILES string of the molecule is CCc1cc(Nc2nc(CC)c(CC(=O)O)o2)nc(-c2cccc(Cl)c2)n1. The number of hydrogen-bond donors (Lipinski definition) is 2. The van der Waals surface area contributed by atoms with E-state index in [2.05, 4.69) is 20.3 Å². The maximum atomic E-state index is 11.0. The highest BCUT2D eigenvalue weighted by atomic mass is 35.5. The number of nitrogens with zero attached hydrogens (tertiary/aromatic N) is 3. The number of benzene rings is 1. The summed E-state index contributed by atoms with van der Waals surface area (Å²) >= 11 is 6.07. The minimum atomic E-state index is -0.967. The monoisotopic (exact) mass is 386 g/mol. The summed E-state index contributed by atoms with van der Waals surface area (Å²) in [5.41, 5.74) is 2.25. The van der Waals surface area contributed by atoms with E-state index < -0.39 is 5.97 Å². The van der Waals surface area contributed by atoms with Crippen LogP contribution in [0.3, 0.4) is 0 Å². The largest absolute Gasteiger partial charge is 0.481 e. The molecule has 0 aliphatic heterocycles. The first-order chi connectivity index (χ1) is 13.0. The first kappa shape index (κ1) is 18.8. The van der Waals surface area contributed by atoms with Crippen molar-refractivity contribution in [2.24, 2.45) is 0 Å². The maximum absolute atomic E-state index is 11.0. The Kier molecular flexibility index (Phi) is 5.71. The molecular formula is C19H19ClN4O3. The second kappa shape index (κ2) is 8.18. The van der Waals surface area contributed by atoms with Gasteiger partial charge in [-0.3, -0.25) is 10.1 Å². The van der Waals surface area contributed by atoms with Gasteiger partial charge < -0.3 is 9.52 Å². The Balaban J connectivity index is 1.94. The van der Waals surface area contributed by atoms with Crippen LogP contribution in [-0.2, 0) is 24.1 Å². The van der Waals surface area contributed by atoms with Crippen molar-refractivity contribution in [2.75, 3.05) is 5.32 Å². The van der Waals surface area contributed by atoms with Gasteiger partial charge in [0.25, 0.3) is 0 Å². The highest BCUT2D eigenvalue weighted by molar-refractivity contribution is 6.30. The van der Waals surface area contributed by atoms with Gasteiger partial charge >= 0.3 is 12.0 Å². The molecule has 7 nitrogen and oxygen atoms in total.